The number of nitrogens with one attached hydrogen (secondary N) is 2. The van der Waals surface area contributed by atoms with Crippen molar-refractivity contribution in [3.05, 3.63) is 0 Å². The van der Waals surface area contributed by atoms with Gasteiger partial charge in [0.15, 0.2) is 0 Å². The van der Waals surface area contributed by atoms with E-state index < -0.39 is 23.4 Å². The topological polar surface area (TPSA) is 98.7 Å². The Labute approximate surface area is 99.2 Å². The Hall–Kier alpha value is -1.63. The third kappa shape index (κ3) is 2.94. The van der Waals surface area contributed by atoms with E-state index in [0.29, 0.717) is 13.0 Å². The number of likely N-dealkylation sites (tertiary alicyclic amines) is 1. The van der Waals surface area contributed by atoms with Crippen molar-refractivity contribution in [1.82, 2.24) is 15.5 Å². The zero-order valence-corrected chi connectivity index (χ0v) is 9.95. The summed E-state index contributed by atoms with van der Waals surface area (Å²) in [5.41, 5.74) is -1.01. The van der Waals surface area contributed by atoms with E-state index in [2.05, 4.69) is 10.6 Å². The normalized spacial score (nSPS) is 24.4. The molecule has 0 saturated carbocycles. The number of rotatable bonds is 3. The first kappa shape index (κ1) is 13.4. The molecule has 1 fully saturated rings. The van der Waals surface area contributed by atoms with Gasteiger partial charge in [0.05, 0.1) is 6.54 Å². The van der Waals surface area contributed by atoms with Gasteiger partial charge in [-0.15, -0.1) is 0 Å². The summed E-state index contributed by atoms with van der Waals surface area (Å²) >= 11 is 0. The van der Waals surface area contributed by atoms with E-state index in [1.54, 1.807) is 11.8 Å². The summed E-state index contributed by atoms with van der Waals surface area (Å²) in [6, 6.07) is -0.591. The molecule has 0 aromatic carbocycles. The van der Waals surface area contributed by atoms with Gasteiger partial charge in [-0.05, 0) is 26.3 Å². The predicted octanol–water partition coefficient (Wildman–Crippen LogP) is -0.619. The van der Waals surface area contributed by atoms with Crippen LogP contribution in [-0.4, -0.2) is 53.6 Å². The number of nitrogens with zero attached hydrogens (tertiary/aromatic N) is 1. The van der Waals surface area contributed by atoms with Crippen molar-refractivity contribution in [2.24, 2.45) is 0 Å². The van der Waals surface area contributed by atoms with Crippen LogP contribution in [0.15, 0.2) is 0 Å². The standard InChI is InChI=1S/C10H17N3O4/c1-10(8(15)16)4-3-5-13(10)6-7(14)12-9(17)11-2/h3-6H2,1-2H3,(H,15,16)(H2,11,12,14,17). The van der Waals surface area contributed by atoms with Gasteiger partial charge in [0.2, 0.25) is 5.91 Å². The Balaban J connectivity index is 2.59. The van der Waals surface area contributed by atoms with E-state index in [9.17, 15) is 14.4 Å². The zero-order valence-electron chi connectivity index (χ0n) is 9.95. The molecule has 0 radical (unpaired) electrons. The zero-order chi connectivity index (χ0) is 13.1. The van der Waals surface area contributed by atoms with Crippen LogP contribution in [-0.2, 0) is 9.59 Å². The molecule has 7 nitrogen and oxygen atoms in total. The van der Waals surface area contributed by atoms with Crippen LogP contribution >= 0.6 is 0 Å². The van der Waals surface area contributed by atoms with Crippen molar-refractivity contribution in [3.8, 4) is 0 Å². The van der Waals surface area contributed by atoms with E-state index in [4.69, 9.17) is 5.11 Å². The molecule has 96 valence electrons. The first-order chi connectivity index (χ1) is 7.90. The first-order valence-electron chi connectivity index (χ1n) is 5.40. The summed E-state index contributed by atoms with van der Waals surface area (Å²) in [7, 11) is 1.40. The van der Waals surface area contributed by atoms with Crippen molar-refractivity contribution in [2.75, 3.05) is 20.1 Å². The number of carboxylic acid groups (broad SMARTS) is 1. The molecule has 3 N–H and O–H groups in total. The van der Waals surface area contributed by atoms with Crippen LogP contribution in [0.2, 0.25) is 0 Å². The number of carbonyl (C=O) groups excluding carboxylic acids is 2. The van der Waals surface area contributed by atoms with E-state index in [1.165, 1.54) is 7.05 Å². The Morgan fingerprint density at radius 3 is 2.59 bits per heavy atom. The molecule has 1 atom stereocenters. The van der Waals surface area contributed by atoms with Crippen LogP contribution in [0.5, 0.6) is 0 Å². The molecule has 1 aliphatic rings. The molecule has 1 rings (SSSR count). The number of urea groups is 1. The fourth-order valence-electron chi connectivity index (χ4n) is 1.92. The van der Waals surface area contributed by atoms with Crippen molar-refractivity contribution in [3.63, 3.8) is 0 Å². The van der Waals surface area contributed by atoms with E-state index in [-0.39, 0.29) is 6.54 Å². The Morgan fingerprint density at radius 2 is 2.06 bits per heavy atom. The molecular formula is C10H17N3O4. The SMILES string of the molecule is CNC(=O)NC(=O)CN1CCCC1(C)C(=O)O. The number of hydrogen-bond acceptors (Lipinski definition) is 4. The summed E-state index contributed by atoms with van der Waals surface area (Å²) in [5.74, 6) is -1.44. The largest absolute Gasteiger partial charge is 0.480 e. The van der Waals surface area contributed by atoms with E-state index >= 15 is 0 Å². The van der Waals surface area contributed by atoms with Gasteiger partial charge in [-0.3, -0.25) is 19.8 Å². The molecule has 3 amide bonds. The van der Waals surface area contributed by atoms with E-state index in [0.717, 1.165) is 6.42 Å². The number of aliphatic carboxylic acids is 1. The molecule has 0 aromatic rings. The van der Waals surface area contributed by atoms with Crippen LogP contribution in [0.4, 0.5) is 4.79 Å². The second-order valence-electron chi connectivity index (χ2n) is 4.23. The quantitative estimate of drug-likeness (QED) is 0.613. The fraction of sp³-hybridized carbons (Fsp3) is 0.700. The molecule has 1 heterocycles. The fourth-order valence-corrected chi connectivity index (χ4v) is 1.92. The minimum atomic E-state index is -1.01. The maximum Gasteiger partial charge on any atom is 0.323 e. The second kappa shape index (κ2) is 5.13. The summed E-state index contributed by atoms with van der Waals surface area (Å²) in [6.07, 6.45) is 1.24. The molecule has 0 aromatic heterocycles. The Morgan fingerprint density at radius 1 is 1.41 bits per heavy atom. The maximum atomic E-state index is 11.5. The molecule has 1 saturated heterocycles. The van der Waals surface area contributed by atoms with Gasteiger partial charge < -0.3 is 10.4 Å². The molecule has 17 heavy (non-hydrogen) atoms. The van der Waals surface area contributed by atoms with Crippen molar-refractivity contribution in [2.45, 2.75) is 25.3 Å². The lowest BCUT2D eigenvalue weighted by atomic mass is 9.99. The van der Waals surface area contributed by atoms with Crippen LogP contribution in [0.25, 0.3) is 0 Å². The Bertz CT molecular complexity index is 344. The highest BCUT2D eigenvalue weighted by Crippen LogP contribution is 2.28. The number of amides is 3. The molecular weight excluding hydrogens is 226 g/mol. The maximum absolute atomic E-state index is 11.5. The van der Waals surface area contributed by atoms with Gasteiger partial charge in [0.25, 0.3) is 0 Å². The minimum Gasteiger partial charge on any atom is -0.480 e. The minimum absolute atomic E-state index is 0.0871. The molecule has 0 bridgehead atoms. The number of imide groups is 1. The average Bonchev–Trinajstić information content (AvgIpc) is 2.61. The third-order valence-electron chi connectivity index (χ3n) is 3.06. The summed E-state index contributed by atoms with van der Waals surface area (Å²) < 4.78 is 0. The molecule has 0 aliphatic carbocycles. The number of carbonyl (C=O) groups is 3. The first-order valence-corrected chi connectivity index (χ1v) is 5.40. The predicted molar refractivity (Wildman–Crippen MR) is 59.4 cm³/mol. The molecule has 1 unspecified atom stereocenters. The van der Waals surface area contributed by atoms with E-state index in [1.807, 2.05) is 0 Å². The van der Waals surface area contributed by atoms with Gasteiger partial charge >= 0.3 is 12.0 Å². The monoisotopic (exact) mass is 243 g/mol. The number of hydrogen-bond donors (Lipinski definition) is 3. The van der Waals surface area contributed by atoms with Gasteiger partial charge in [-0.2, -0.15) is 0 Å². The summed E-state index contributed by atoms with van der Waals surface area (Å²) in [5, 5.41) is 13.5. The lowest BCUT2D eigenvalue weighted by Crippen LogP contribution is -2.52. The molecule has 7 heteroatoms. The van der Waals surface area contributed by atoms with Crippen LogP contribution in [0.1, 0.15) is 19.8 Å². The number of carboxylic acids is 1. The van der Waals surface area contributed by atoms with Gasteiger partial charge in [-0.1, -0.05) is 0 Å². The smallest absolute Gasteiger partial charge is 0.323 e. The van der Waals surface area contributed by atoms with Crippen LogP contribution < -0.4 is 10.6 Å². The highest BCUT2D eigenvalue weighted by atomic mass is 16.4. The van der Waals surface area contributed by atoms with Crippen molar-refractivity contribution < 1.29 is 19.5 Å². The Kier molecular flexibility index (Phi) is 4.06. The van der Waals surface area contributed by atoms with Crippen LogP contribution in [0, 0.1) is 0 Å². The lowest BCUT2D eigenvalue weighted by Gasteiger charge is -2.30. The van der Waals surface area contributed by atoms with Gasteiger partial charge in [-0.25, -0.2) is 4.79 Å². The third-order valence-corrected chi connectivity index (χ3v) is 3.06. The highest BCUT2D eigenvalue weighted by Gasteiger charge is 2.43. The lowest BCUT2D eigenvalue weighted by molar-refractivity contribution is -0.149. The summed E-state index contributed by atoms with van der Waals surface area (Å²) in [6.45, 7) is 2.05. The van der Waals surface area contributed by atoms with Gasteiger partial charge in [0, 0.05) is 7.05 Å². The summed E-state index contributed by atoms with van der Waals surface area (Å²) in [4.78, 5) is 35.1. The molecule has 0 spiro atoms. The molecule has 1 aliphatic heterocycles. The van der Waals surface area contributed by atoms with Crippen LogP contribution in [0.3, 0.4) is 0 Å². The van der Waals surface area contributed by atoms with Gasteiger partial charge in [0.1, 0.15) is 5.54 Å². The van der Waals surface area contributed by atoms with Crippen molar-refractivity contribution >= 4 is 17.9 Å². The highest BCUT2D eigenvalue weighted by molar-refractivity contribution is 5.95. The average molecular weight is 243 g/mol. The second-order valence-corrected chi connectivity index (χ2v) is 4.23. The van der Waals surface area contributed by atoms with Crippen molar-refractivity contribution in [1.29, 1.82) is 0 Å².